The Bertz CT molecular complexity index is 535. The number of benzene rings is 1. The van der Waals surface area contributed by atoms with Crippen molar-refractivity contribution in [2.75, 3.05) is 0 Å². The zero-order valence-electron chi connectivity index (χ0n) is 11.0. The molecule has 1 aromatic heterocycles. The quantitative estimate of drug-likeness (QED) is 0.905. The van der Waals surface area contributed by atoms with Crippen LogP contribution in [0.25, 0.3) is 0 Å². The van der Waals surface area contributed by atoms with Gasteiger partial charge in [-0.15, -0.1) is 0 Å². The topological polar surface area (TPSA) is 45.1 Å². The lowest BCUT2D eigenvalue weighted by Crippen LogP contribution is -2.36. The summed E-state index contributed by atoms with van der Waals surface area (Å²) in [5.74, 6) is 0.191. The van der Waals surface area contributed by atoms with E-state index in [0.29, 0.717) is 6.54 Å². The van der Waals surface area contributed by atoms with E-state index in [9.17, 15) is 5.11 Å². The van der Waals surface area contributed by atoms with Crippen molar-refractivity contribution in [3.05, 3.63) is 58.3 Å². The molecule has 0 fully saturated rings. The van der Waals surface area contributed by atoms with Gasteiger partial charge in [-0.05, 0) is 43.7 Å². The monoisotopic (exact) mass is 320 g/mol. The molecule has 0 unspecified atom stereocenters. The minimum Gasteiger partial charge on any atom is -0.506 e. The van der Waals surface area contributed by atoms with Gasteiger partial charge in [0.1, 0.15) is 5.75 Å². The molecule has 2 N–H and O–H groups in total. The van der Waals surface area contributed by atoms with Crippen molar-refractivity contribution in [3.63, 3.8) is 0 Å². The molecule has 0 amide bonds. The van der Waals surface area contributed by atoms with Crippen molar-refractivity contribution in [3.8, 4) is 5.75 Å². The van der Waals surface area contributed by atoms with Gasteiger partial charge in [0.2, 0.25) is 0 Å². The van der Waals surface area contributed by atoms with E-state index in [4.69, 9.17) is 0 Å². The van der Waals surface area contributed by atoms with Gasteiger partial charge in [-0.25, -0.2) is 0 Å². The maximum Gasteiger partial charge on any atom is 0.133 e. The number of rotatable bonds is 4. The van der Waals surface area contributed by atoms with Crippen LogP contribution in [-0.2, 0) is 12.1 Å². The Morgan fingerprint density at radius 2 is 1.84 bits per heavy atom. The highest BCUT2D eigenvalue weighted by Gasteiger charge is 2.19. The first kappa shape index (κ1) is 14.0. The number of aromatic hydroxyl groups is 1. The van der Waals surface area contributed by atoms with E-state index >= 15 is 0 Å². The average molecular weight is 321 g/mol. The summed E-state index contributed by atoms with van der Waals surface area (Å²) >= 11 is 3.44. The van der Waals surface area contributed by atoms with Crippen LogP contribution in [0.4, 0.5) is 0 Å². The first-order valence-electron chi connectivity index (χ1n) is 6.12. The highest BCUT2D eigenvalue weighted by Crippen LogP contribution is 2.22. The predicted molar refractivity (Wildman–Crippen MR) is 79.9 cm³/mol. The lowest BCUT2D eigenvalue weighted by Gasteiger charge is -2.27. The van der Waals surface area contributed by atoms with E-state index in [0.717, 1.165) is 10.2 Å². The van der Waals surface area contributed by atoms with Gasteiger partial charge in [0.25, 0.3) is 0 Å². The Hall–Kier alpha value is -1.39. The summed E-state index contributed by atoms with van der Waals surface area (Å²) in [7, 11) is 0. The fraction of sp³-hybridized carbons (Fsp3) is 0.267. The lowest BCUT2D eigenvalue weighted by atomic mass is 9.94. The van der Waals surface area contributed by atoms with Gasteiger partial charge in [-0.3, -0.25) is 4.98 Å². The summed E-state index contributed by atoms with van der Waals surface area (Å²) in [4.78, 5) is 4.17. The van der Waals surface area contributed by atoms with E-state index < -0.39 is 0 Å². The van der Waals surface area contributed by atoms with Crippen molar-refractivity contribution >= 4 is 15.9 Å². The van der Waals surface area contributed by atoms with E-state index in [2.05, 4.69) is 52.2 Å². The number of nitrogens with one attached hydrogen (secondary N) is 1. The number of hydrogen-bond acceptors (Lipinski definition) is 3. The first-order valence-corrected chi connectivity index (χ1v) is 6.92. The van der Waals surface area contributed by atoms with Crippen LogP contribution in [0.5, 0.6) is 5.75 Å². The second kappa shape index (κ2) is 5.72. The van der Waals surface area contributed by atoms with Crippen LogP contribution in [-0.4, -0.2) is 10.1 Å². The molecular formula is C15H17BrN2O. The molecule has 19 heavy (non-hydrogen) atoms. The standard InChI is InChI=1S/C15H17BrN2O/c1-15(2,11-3-5-12(16)6-4-11)18-9-13-7-8-14(19)10-17-13/h3-8,10,18-19H,9H2,1-2H3. The summed E-state index contributed by atoms with van der Waals surface area (Å²) in [5, 5.41) is 12.7. The first-order chi connectivity index (χ1) is 8.97. The van der Waals surface area contributed by atoms with Gasteiger partial charge in [-0.2, -0.15) is 0 Å². The Labute approximate surface area is 121 Å². The fourth-order valence-corrected chi connectivity index (χ4v) is 2.07. The highest BCUT2D eigenvalue weighted by atomic mass is 79.9. The Morgan fingerprint density at radius 1 is 1.16 bits per heavy atom. The Morgan fingerprint density at radius 3 is 2.42 bits per heavy atom. The molecule has 2 rings (SSSR count). The molecular weight excluding hydrogens is 304 g/mol. The third-order valence-corrected chi connectivity index (χ3v) is 3.62. The molecule has 2 aromatic rings. The van der Waals surface area contributed by atoms with Crippen LogP contribution in [0.3, 0.4) is 0 Å². The minimum atomic E-state index is -0.139. The zero-order valence-corrected chi connectivity index (χ0v) is 12.6. The molecule has 0 aliphatic carbocycles. The van der Waals surface area contributed by atoms with Gasteiger partial charge in [0, 0.05) is 16.6 Å². The summed E-state index contributed by atoms with van der Waals surface area (Å²) in [6.07, 6.45) is 1.46. The van der Waals surface area contributed by atoms with Gasteiger partial charge in [0.15, 0.2) is 0 Å². The second-order valence-electron chi connectivity index (χ2n) is 4.99. The van der Waals surface area contributed by atoms with Crippen molar-refractivity contribution in [2.45, 2.75) is 25.9 Å². The largest absolute Gasteiger partial charge is 0.506 e. The molecule has 100 valence electrons. The normalized spacial score (nSPS) is 11.5. The van der Waals surface area contributed by atoms with E-state index in [1.54, 1.807) is 6.07 Å². The highest BCUT2D eigenvalue weighted by molar-refractivity contribution is 9.10. The molecule has 0 bridgehead atoms. The average Bonchev–Trinajstić information content (AvgIpc) is 2.39. The molecule has 1 heterocycles. The summed E-state index contributed by atoms with van der Waals surface area (Å²) < 4.78 is 1.08. The van der Waals surface area contributed by atoms with Crippen LogP contribution in [0.1, 0.15) is 25.1 Å². The summed E-state index contributed by atoms with van der Waals surface area (Å²) in [5.41, 5.74) is 1.98. The third kappa shape index (κ3) is 3.78. The molecule has 0 saturated carbocycles. The molecule has 0 aliphatic heterocycles. The van der Waals surface area contributed by atoms with Crippen molar-refractivity contribution in [2.24, 2.45) is 0 Å². The van der Waals surface area contributed by atoms with Crippen LogP contribution in [0, 0.1) is 0 Å². The van der Waals surface area contributed by atoms with Crippen LogP contribution < -0.4 is 5.32 Å². The molecule has 3 nitrogen and oxygen atoms in total. The maximum absolute atomic E-state index is 9.20. The number of nitrogens with zero attached hydrogens (tertiary/aromatic N) is 1. The molecule has 0 spiro atoms. The van der Waals surface area contributed by atoms with Crippen molar-refractivity contribution in [1.29, 1.82) is 0 Å². The van der Waals surface area contributed by atoms with E-state index in [1.165, 1.54) is 11.8 Å². The van der Waals surface area contributed by atoms with Gasteiger partial charge < -0.3 is 10.4 Å². The number of hydrogen-bond donors (Lipinski definition) is 2. The van der Waals surface area contributed by atoms with Crippen LogP contribution in [0.15, 0.2) is 47.1 Å². The molecule has 1 aromatic carbocycles. The fourth-order valence-electron chi connectivity index (χ4n) is 1.80. The molecule has 0 atom stereocenters. The van der Waals surface area contributed by atoms with Gasteiger partial charge >= 0.3 is 0 Å². The van der Waals surface area contributed by atoms with E-state index in [-0.39, 0.29) is 11.3 Å². The number of aromatic nitrogens is 1. The number of halogens is 1. The Kier molecular flexibility index (Phi) is 4.22. The zero-order chi connectivity index (χ0) is 13.9. The van der Waals surface area contributed by atoms with Crippen LogP contribution in [0.2, 0.25) is 0 Å². The number of pyridine rings is 1. The molecule has 0 saturated heterocycles. The third-order valence-electron chi connectivity index (χ3n) is 3.09. The van der Waals surface area contributed by atoms with Gasteiger partial charge in [-0.1, -0.05) is 28.1 Å². The second-order valence-corrected chi connectivity index (χ2v) is 5.91. The van der Waals surface area contributed by atoms with Crippen LogP contribution >= 0.6 is 15.9 Å². The van der Waals surface area contributed by atoms with Crippen molar-refractivity contribution in [1.82, 2.24) is 10.3 Å². The summed E-state index contributed by atoms with van der Waals surface area (Å²) in [6.45, 7) is 4.93. The Balaban J connectivity index is 2.04. The van der Waals surface area contributed by atoms with Crippen molar-refractivity contribution < 1.29 is 5.11 Å². The predicted octanol–water partition coefficient (Wildman–Crippen LogP) is 3.57. The lowest BCUT2D eigenvalue weighted by molar-refractivity contribution is 0.398. The smallest absolute Gasteiger partial charge is 0.133 e. The maximum atomic E-state index is 9.20. The molecule has 0 aliphatic rings. The minimum absolute atomic E-state index is 0.139. The van der Waals surface area contributed by atoms with E-state index in [1.807, 2.05) is 18.2 Å². The molecule has 0 radical (unpaired) electrons. The molecule has 4 heteroatoms. The SMILES string of the molecule is CC(C)(NCc1ccc(O)cn1)c1ccc(Br)cc1. The van der Waals surface area contributed by atoms with Gasteiger partial charge in [0.05, 0.1) is 11.9 Å². The summed E-state index contributed by atoms with van der Waals surface area (Å²) in [6, 6.07) is 11.7.